The van der Waals surface area contributed by atoms with Crippen LogP contribution in [-0.4, -0.2) is 72.3 Å². The number of esters is 2. The third-order valence-electron chi connectivity index (χ3n) is 11.5. The SMILES string of the molecule is C=C(C/C=C\CCCCCCCCC(CCCCCCCC/C=C\CC(=O)OCC(C)(C)CC(C)(C)COC)OC(=O)CC(C)(C)CC(C)(C)CNC)OCCC(C)(C)COC. The Morgan fingerprint density at radius 2 is 1.02 bits per heavy atom. The molecule has 62 heavy (non-hydrogen) atoms. The summed E-state index contributed by atoms with van der Waals surface area (Å²) < 4.78 is 28.3. The summed E-state index contributed by atoms with van der Waals surface area (Å²) in [4.78, 5) is 25.6. The summed E-state index contributed by atoms with van der Waals surface area (Å²) in [5.74, 6) is 0.634. The maximum absolute atomic E-state index is 13.3. The minimum absolute atomic E-state index is 0.00901. The van der Waals surface area contributed by atoms with E-state index in [4.69, 9.17) is 23.7 Å². The number of nitrogens with one attached hydrogen (secondary N) is 1. The normalized spacial score (nSPS) is 13.6. The molecule has 0 radical (unpaired) electrons. The Morgan fingerprint density at radius 1 is 0.548 bits per heavy atom. The van der Waals surface area contributed by atoms with E-state index in [9.17, 15) is 9.59 Å². The third-order valence-corrected chi connectivity index (χ3v) is 11.5. The van der Waals surface area contributed by atoms with Crippen molar-refractivity contribution in [3.05, 3.63) is 36.6 Å². The van der Waals surface area contributed by atoms with Crippen molar-refractivity contribution in [2.75, 3.05) is 54.2 Å². The molecule has 364 valence electrons. The van der Waals surface area contributed by atoms with Gasteiger partial charge in [0.15, 0.2) is 0 Å². The number of hydrogen-bond acceptors (Lipinski definition) is 8. The van der Waals surface area contributed by atoms with Gasteiger partial charge in [0.1, 0.15) is 6.10 Å². The van der Waals surface area contributed by atoms with Crippen molar-refractivity contribution in [3.63, 3.8) is 0 Å². The average Bonchev–Trinajstić information content (AvgIpc) is 3.13. The zero-order valence-corrected chi connectivity index (χ0v) is 43.0. The molecule has 8 heteroatoms. The molecular weight excluding hydrogens is 775 g/mol. The van der Waals surface area contributed by atoms with Crippen LogP contribution in [0, 0.1) is 27.1 Å². The van der Waals surface area contributed by atoms with Gasteiger partial charge >= 0.3 is 11.9 Å². The molecule has 0 aromatic rings. The molecule has 0 aliphatic rings. The van der Waals surface area contributed by atoms with Crippen molar-refractivity contribution in [1.82, 2.24) is 5.32 Å². The van der Waals surface area contributed by atoms with Crippen LogP contribution in [0.1, 0.15) is 210 Å². The van der Waals surface area contributed by atoms with E-state index < -0.39 is 0 Å². The molecule has 0 heterocycles. The molecular formula is C54H101NO7. The highest BCUT2D eigenvalue weighted by molar-refractivity contribution is 5.71. The molecule has 8 nitrogen and oxygen atoms in total. The molecule has 0 aliphatic carbocycles. The molecule has 0 spiro atoms. The zero-order valence-electron chi connectivity index (χ0n) is 43.0. The summed E-state index contributed by atoms with van der Waals surface area (Å²) in [6.45, 7) is 29.5. The summed E-state index contributed by atoms with van der Waals surface area (Å²) in [7, 11) is 5.47. The second-order valence-electron chi connectivity index (χ2n) is 22.4. The summed E-state index contributed by atoms with van der Waals surface area (Å²) >= 11 is 0. The molecule has 0 aliphatic heterocycles. The molecule has 0 fully saturated rings. The van der Waals surface area contributed by atoms with Gasteiger partial charge in [0.25, 0.3) is 0 Å². The lowest BCUT2D eigenvalue weighted by Crippen LogP contribution is -2.33. The summed E-state index contributed by atoms with van der Waals surface area (Å²) in [6, 6.07) is 0. The van der Waals surface area contributed by atoms with Crippen LogP contribution in [0.25, 0.3) is 0 Å². The average molecular weight is 876 g/mol. The fourth-order valence-corrected chi connectivity index (χ4v) is 9.21. The molecule has 0 amide bonds. The van der Waals surface area contributed by atoms with Crippen molar-refractivity contribution in [1.29, 1.82) is 0 Å². The molecule has 0 saturated heterocycles. The Hall–Kier alpha value is -2.16. The van der Waals surface area contributed by atoms with E-state index in [1.807, 2.05) is 13.1 Å². The van der Waals surface area contributed by atoms with Gasteiger partial charge in [-0.3, -0.25) is 9.59 Å². The van der Waals surface area contributed by atoms with Crippen LogP contribution < -0.4 is 5.32 Å². The van der Waals surface area contributed by atoms with E-state index in [0.717, 1.165) is 89.5 Å². The predicted molar refractivity (Wildman–Crippen MR) is 262 cm³/mol. The van der Waals surface area contributed by atoms with E-state index in [0.29, 0.717) is 32.7 Å². The first-order valence-electron chi connectivity index (χ1n) is 24.6. The summed E-state index contributed by atoms with van der Waals surface area (Å²) in [5.41, 5.74) is 0.0658. The number of unbranched alkanes of at least 4 members (excludes halogenated alkanes) is 12. The van der Waals surface area contributed by atoms with Gasteiger partial charge in [0.2, 0.25) is 0 Å². The largest absolute Gasteiger partial charge is 0.498 e. The zero-order chi connectivity index (χ0) is 47.0. The van der Waals surface area contributed by atoms with Crippen LogP contribution >= 0.6 is 0 Å². The van der Waals surface area contributed by atoms with Gasteiger partial charge < -0.3 is 29.0 Å². The fourth-order valence-electron chi connectivity index (χ4n) is 9.21. The molecule has 1 N–H and O–H groups in total. The highest BCUT2D eigenvalue weighted by Gasteiger charge is 2.32. The highest BCUT2D eigenvalue weighted by Crippen LogP contribution is 2.37. The minimum atomic E-state index is -0.158. The first-order valence-corrected chi connectivity index (χ1v) is 24.6. The topological polar surface area (TPSA) is 92.3 Å². The molecule has 0 bridgehead atoms. The van der Waals surface area contributed by atoms with Gasteiger partial charge in [0.05, 0.1) is 45.0 Å². The van der Waals surface area contributed by atoms with E-state index in [1.165, 1.54) is 57.8 Å². The monoisotopic (exact) mass is 876 g/mol. The number of ether oxygens (including phenoxy) is 5. The van der Waals surface area contributed by atoms with Crippen molar-refractivity contribution < 1.29 is 33.3 Å². The number of allylic oxidation sites excluding steroid dienone is 3. The third kappa shape index (κ3) is 36.2. The number of carbonyl (C=O) groups excluding carboxylic acids is 2. The molecule has 0 rings (SSSR count). The van der Waals surface area contributed by atoms with Gasteiger partial charge in [-0.05, 0) is 111 Å². The van der Waals surface area contributed by atoms with E-state index in [2.05, 4.69) is 99.4 Å². The Balaban J connectivity index is 4.57. The number of methoxy groups -OCH3 is 2. The van der Waals surface area contributed by atoms with Crippen molar-refractivity contribution in [2.45, 2.75) is 217 Å². The molecule has 0 aromatic carbocycles. The van der Waals surface area contributed by atoms with Crippen LogP contribution in [0.2, 0.25) is 0 Å². The second kappa shape index (κ2) is 33.3. The fraction of sp³-hybridized carbons (Fsp3) is 0.852. The summed E-state index contributed by atoms with van der Waals surface area (Å²) in [6.07, 6.45) is 31.2. The first kappa shape index (κ1) is 59.8. The lowest BCUT2D eigenvalue weighted by molar-refractivity contribution is -0.152. The maximum Gasteiger partial charge on any atom is 0.309 e. The van der Waals surface area contributed by atoms with Crippen molar-refractivity contribution in [3.8, 4) is 0 Å². The number of hydrogen-bond donors (Lipinski definition) is 1. The second-order valence-corrected chi connectivity index (χ2v) is 22.4. The molecule has 1 atom stereocenters. The van der Waals surface area contributed by atoms with Crippen LogP contribution in [0.3, 0.4) is 0 Å². The Bertz CT molecular complexity index is 1230. The van der Waals surface area contributed by atoms with Gasteiger partial charge in [-0.15, -0.1) is 0 Å². The molecule has 0 saturated carbocycles. The van der Waals surface area contributed by atoms with Gasteiger partial charge in [0, 0.05) is 20.6 Å². The van der Waals surface area contributed by atoms with Crippen LogP contribution in [0.15, 0.2) is 36.6 Å². The van der Waals surface area contributed by atoms with E-state index in [1.54, 1.807) is 14.2 Å². The predicted octanol–water partition coefficient (Wildman–Crippen LogP) is 14.3. The quantitative estimate of drug-likeness (QED) is 0.0281. The van der Waals surface area contributed by atoms with Gasteiger partial charge in [-0.1, -0.05) is 151 Å². The van der Waals surface area contributed by atoms with Crippen molar-refractivity contribution >= 4 is 11.9 Å². The van der Waals surface area contributed by atoms with Crippen molar-refractivity contribution in [2.24, 2.45) is 27.1 Å². The standard InChI is InChI=1S/C54H101NO7/c1-46(60-38-37-50(2,3)43-58-13)33-29-25-21-17-15-18-22-26-30-34-47(62-49(57)39-51(4,5)40-52(6,7)42-55-12)35-31-27-23-19-16-20-24-28-32-36-48(56)61-45-54(10,11)41-53(8,9)44-59-14/h25,28-29,32,47,55H,1,15-24,26-27,30-31,33-45H2,2-14H3/b29-25-,32-28-. The smallest absolute Gasteiger partial charge is 0.309 e. The van der Waals surface area contributed by atoms with E-state index in [-0.39, 0.29) is 45.1 Å². The molecule has 0 aromatic heterocycles. The molecule has 1 unspecified atom stereocenters. The van der Waals surface area contributed by atoms with E-state index >= 15 is 0 Å². The Labute approximate surface area is 383 Å². The minimum Gasteiger partial charge on any atom is -0.498 e. The number of carbonyl (C=O) groups is 2. The lowest BCUT2D eigenvalue weighted by Gasteiger charge is -2.34. The Kier molecular flexibility index (Phi) is 32.2. The van der Waals surface area contributed by atoms with Gasteiger partial charge in [-0.2, -0.15) is 0 Å². The Morgan fingerprint density at radius 3 is 1.55 bits per heavy atom. The van der Waals surface area contributed by atoms with Gasteiger partial charge in [-0.25, -0.2) is 0 Å². The first-order chi connectivity index (χ1) is 29.1. The highest BCUT2D eigenvalue weighted by atomic mass is 16.5. The van der Waals surface area contributed by atoms with Crippen LogP contribution in [0.4, 0.5) is 0 Å². The number of rotatable bonds is 41. The van der Waals surface area contributed by atoms with Crippen LogP contribution in [0.5, 0.6) is 0 Å². The summed E-state index contributed by atoms with van der Waals surface area (Å²) in [5, 5.41) is 3.31. The maximum atomic E-state index is 13.3. The lowest BCUT2D eigenvalue weighted by atomic mass is 9.73. The van der Waals surface area contributed by atoms with Crippen LogP contribution in [-0.2, 0) is 33.3 Å².